The number of hydrogen-bond acceptors (Lipinski definition) is 3. The first-order valence-electron chi connectivity index (χ1n) is 6.54. The number of carbonyl (C=O) groups excluding carboxylic acids is 2. The van der Waals surface area contributed by atoms with Gasteiger partial charge < -0.3 is 15.5 Å². The van der Waals surface area contributed by atoms with Gasteiger partial charge in [0.15, 0.2) is 0 Å². The lowest BCUT2D eigenvalue weighted by molar-refractivity contribution is -0.157. The van der Waals surface area contributed by atoms with Gasteiger partial charge in [-0.15, -0.1) is 0 Å². The van der Waals surface area contributed by atoms with Crippen molar-refractivity contribution in [3.8, 4) is 0 Å². The number of halogens is 1. The van der Waals surface area contributed by atoms with Gasteiger partial charge in [0, 0.05) is 31.4 Å². The molecule has 1 aromatic carbocycles. The first kappa shape index (κ1) is 14.3. The molecule has 1 saturated heterocycles. The van der Waals surface area contributed by atoms with Crippen molar-refractivity contribution in [2.75, 3.05) is 18.8 Å². The van der Waals surface area contributed by atoms with E-state index in [-0.39, 0.29) is 12.6 Å². The average molecular weight is 279 g/mol. The summed E-state index contributed by atoms with van der Waals surface area (Å²) in [4.78, 5) is 26.9. The van der Waals surface area contributed by atoms with E-state index in [2.05, 4.69) is 0 Å². The molecule has 1 heterocycles. The van der Waals surface area contributed by atoms with Gasteiger partial charge in [0.1, 0.15) is 5.82 Å². The third kappa shape index (κ3) is 2.74. The molecule has 0 aromatic heterocycles. The molecule has 0 radical (unpaired) electrons. The van der Waals surface area contributed by atoms with Gasteiger partial charge >= 0.3 is 11.8 Å². The second kappa shape index (κ2) is 5.48. The van der Waals surface area contributed by atoms with E-state index in [9.17, 15) is 14.0 Å². The van der Waals surface area contributed by atoms with Crippen LogP contribution in [0.15, 0.2) is 18.2 Å². The molecule has 108 valence electrons. The zero-order chi connectivity index (χ0) is 14.9. The molecular weight excluding hydrogens is 261 g/mol. The Labute approximate surface area is 117 Å². The summed E-state index contributed by atoms with van der Waals surface area (Å²) in [7, 11) is 0. The van der Waals surface area contributed by atoms with Crippen molar-refractivity contribution in [1.29, 1.82) is 0 Å². The van der Waals surface area contributed by atoms with Crippen LogP contribution < -0.4 is 5.73 Å². The maximum atomic E-state index is 13.2. The van der Waals surface area contributed by atoms with E-state index in [1.807, 2.05) is 13.8 Å². The quantitative estimate of drug-likeness (QED) is 0.662. The van der Waals surface area contributed by atoms with Crippen LogP contribution in [0.5, 0.6) is 0 Å². The van der Waals surface area contributed by atoms with Gasteiger partial charge in [0.25, 0.3) is 0 Å². The zero-order valence-electron chi connectivity index (χ0n) is 11.6. The van der Waals surface area contributed by atoms with Crippen LogP contribution in [0.3, 0.4) is 0 Å². The lowest BCUT2D eigenvalue weighted by Gasteiger charge is -2.36. The Hall–Kier alpha value is -2.11. The monoisotopic (exact) mass is 279 g/mol. The number of benzene rings is 1. The van der Waals surface area contributed by atoms with Crippen LogP contribution in [0.25, 0.3) is 0 Å². The molecule has 2 rings (SSSR count). The van der Waals surface area contributed by atoms with Gasteiger partial charge in [-0.25, -0.2) is 4.39 Å². The number of amides is 2. The normalized spacial score (nSPS) is 16.2. The van der Waals surface area contributed by atoms with Crippen LogP contribution in [-0.2, 0) is 16.1 Å². The molecule has 1 aromatic rings. The van der Waals surface area contributed by atoms with E-state index in [4.69, 9.17) is 5.73 Å². The summed E-state index contributed by atoms with van der Waals surface area (Å²) in [5.74, 6) is -1.48. The van der Waals surface area contributed by atoms with Crippen LogP contribution in [0.2, 0.25) is 0 Å². The van der Waals surface area contributed by atoms with Crippen LogP contribution in [-0.4, -0.2) is 40.7 Å². The molecule has 1 fully saturated rings. The minimum absolute atomic E-state index is 0.00663. The molecule has 0 saturated carbocycles. The van der Waals surface area contributed by atoms with E-state index in [0.717, 1.165) is 0 Å². The van der Waals surface area contributed by atoms with Crippen molar-refractivity contribution in [2.24, 2.45) is 0 Å². The van der Waals surface area contributed by atoms with Crippen molar-refractivity contribution >= 4 is 17.5 Å². The fraction of sp³-hybridized carbons (Fsp3) is 0.429. The molecule has 20 heavy (non-hydrogen) atoms. The second-order valence-corrected chi connectivity index (χ2v) is 5.16. The van der Waals surface area contributed by atoms with Crippen LogP contribution in [0.4, 0.5) is 10.1 Å². The van der Waals surface area contributed by atoms with Gasteiger partial charge in [-0.1, -0.05) is 0 Å². The second-order valence-electron chi connectivity index (χ2n) is 5.16. The van der Waals surface area contributed by atoms with Crippen molar-refractivity contribution in [1.82, 2.24) is 9.80 Å². The van der Waals surface area contributed by atoms with Crippen molar-refractivity contribution in [3.63, 3.8) is 0 Å². The minimum atomic E-state index is -0.561. The minimum Gasteiger partial charge on any atom is -0.398 e. The fourth-order valence-corrected chi connectivity index (χ4v) is 2.25. The van der Waals surface area contributed by atoms with Crippen molar-refractivity contribution in [2.45, 2.75) is 26.4 Å². The maximum absolute atomic E-state index is 13.2. The zero-order valence-corrected chi connectivity index (χ0v) is 11.6. The van der Waals surface area contributed by atoms with E-state index >= 15 is 0 Å². The Morgan fingerprint density at radius 3 is 2.60 bits per heavy atom. The Bertz CT molecular complexity index is 545. The number of carbonyl (C=O) groups is 2. The predicted octanol–water partition coefficient (Wildman–Crippen LogP) is 0.987. The molecule has 1 aliphatic rings. The molecule has 2 amide bonds. The standard InChI is InChI=1S/C14H18FN3O2/c1-9(2)18-6-5-17(13(19)14(18)20)8-10-7-11(15)3-4-12(10)16/h3-4,7,9H,5-6,8,16H2,1-2H3. The SMILES string of the molecule is CC(C)N1CCN(Cc2cc(F)ccc2N)C(=O)C1=O. The summed E-state index contributed by atoms with van der Waals surface area (Å²) >= 11 is 0. The highest BCUT2D eigenvalue weighted by molar-refractivity contribution is 6.35. The van der Waals surface area contributed by atoms with Crippen molar-refractivity contribution < 1.29 is 14.0 Å². The molecule has 0 spiro atoms. The maximum Gasteiger partial charge on any atom is 0.312 e. The number of nitrogens with zero attached hydrogens (tertiary/aromatic N) is 2. The molecule has 0 bridgehead atoms. The van der Waals surface area contributed by atoms with Gasteiger partial charge in [-0.2, -0.15) is 0 Å². The fourth-order valence-electron chi connectivity index (χ4n) is 2.25. The Kier molecular flexibility index (Phi) is 3.92. The number of nitrogens with two attached hydrogens (primary N) is 1. The van der Waals surface area contributed by atoms with E-state index in [1.54, 1.807) is 0 Å². The number of nitrogen functional groups attached to an aromatic ring is 1. The number of rotatable bonds is 3. The largest absolute Gasteiger partial charge is 0.398 e. The first-order valence-corrected chi connectivity index (χ1v) is 6.54. The van der Waals surface area contributed by atoms with Crippen LogP contribution in [0, 0.1) is 5.82 Å². The topological polar surface area (TPSA) is 66.6 Å². The molecule has 0 aliphatic carbocycles. The van der Waals surface area contributed by atoms with E-state index in [1.165, 1.54) is 28.0 Å². The Morgan fingerprint density at radius 1 is 1.25 bits per heavy atom. The Balaban J connectivity index is 2.14. The molecule has 5 nitrogen and oxygen atoms in total. The summed E-state index contributed by atoms with van der Waals surface area (Å²) in [6.45, 7) is 4.80. The van der Waals surface area contributed by atoms with E-state index in [0.29, 0.717) is 24.3 Å². The van der Waals surface area contributed by atoms with Gasteiger partial charge in [-0.3, -0.25) is 9.59 Å². The highest BCUT2D eigenvalue weighted by Crippen LogP contribution is 2.18. The summed E-state index contributed by atoms with van der Waals surface area (Å²) in [6, 6.07) is 4.01. The molecule has 6 heteroatoms. The molecule has 1 aliphatic heterocycles. The number of piperazine rings is 1. The first-order chi connectivity index (χ1) is 9.40. The van der Waals surface area contributed by atoms with Crippen LogP contribution >= 0.6 is 0 Å². The lowest BCUT2D eigenvalue weighted by atomic mass is 10.1. The van der Waals surface area contributed by atoms with Gasteiger partial charge in [0.2, 0.25) is 0 Å². The summed E-state index contributed by atoms with van der Waals surface area (Å²) < 4.78 is 13.2. The van der Waals surface area contributed by atoms with Crippen molar-refractivity contribution in [3.05, 3.63) is 29.6 Å². The third-order valence-corrected chi connectivity index (χ3v) is 3.43. The van der Waals surface area contributed by atoms with E-state index < -0.39 is 17.6 Å². The summed E-state index contributed by atoms with van der Waals surface area (Å²) in [6.07, 6.45) is 0. The highest BCUT2D eigenvalue weighted by Gasteiger charge is 2.33. The van der Waals surface area contributed by atoms with Gasteiger partial charge in [-0.05, 0) is 37.6 Å². The summed E-state index contributed by atoms with van der Waals surface area (Å²) in [5, 5.41) is 0. The molecule has 0 atom stereocenters. The predicted molar refractivity (Wildman–Crippen MR) is 73.1 cm³/mol. The Morgan fingerprint density at radius 2 is 1.95 bits per heavy atom. The number of hydrogen-bond donors (Lipinski definition) is 1. The lowest BCUT2D eigenvalue weighted by Crippen LogP contribution is -2.55. The molecular formula is C14H18FN3O2. The average Bonchev–Trinajstić information content (AvgIpc) is 2.39. The number of anilines is 1. The summed E-state index contributed by atoms with van der Waals surface area (Å²) in [5.41, 5.74) is 6.69. The molecule has 2 N–H and O–H groups in total. The molecule has 0 unspecified atom stereocenters. The smallest absolute Gasteiger partial charge is 0.312 e. The highest BCUT2D eigenvalue weighted by atomic mass is 19.1. The third-order valence-electron chi connectivity index (χ3n) is 3.43. The van der Waals surface area contributed by atoms with Gasteiger partial charge in [0.05, 0.1) is 0 Å². The van der Waals surface area contributed by atoms with Crippen LogP contribution in [0.1, 0.15) is 19.4 Å².